The van der Waals surface area contributed by atoms with Crippen LogP contribution in [0.2, 0.25) is 0 Å². The molecule has 1 heterocycles. The number of carbonyl (C=O) groups excluding carboxylic acids is 1. The first-order chi connectivity index (χ1) is 9.68. The molecule has 1 aliphatic carbocycles. The number of carboxylic acids is 1. The van der Waals surface area contributed by atoms with Gasteiger partial charge in [0.2, 0.25) is 5.91 Å². The molecule has 8 heteroatoms. The number of halogens is 3. The van der Waals surface area contributed by atoms with Gasteiger partial charge in [-0.25, -0.2) is 0 Å². The number of hydrogen-bond donors (Lipinski definition) is 1. The Balaban J connectivity index is 2.24. The second kappa shape index (κ2) is 4.90. The minimum Gasteiger partial charge on any atom is -0.481 e. The fourth-order valence-electron chi connectivity index (χ4n) is 3.17. The molecule has 0 aromatic carbocycles. The highest BCUT2D eigenvalue weighted by molar-refractivity contribution is 5.87. The number of carbonyl (C=O) groups is 2. The highest BCUT2D eigenvalue weighted by atomic mass is 19.4. The maximum absolute atomic E-state index is 13.1. The van der Waals surface area contributed by atoms with Crippen LogP contribution in [-0.2, 0) is 9.59 Å². The summed E-state index contributed by atoms with van der Waals surface area (Å²) in [6.07, 6.45) is -3.59. The van der Waals surface area contributed by atoms with Crippen LogP contribution >= 0.6 is 0 Å². The van der Waals surface area contributed by atoms with Crippen LogP contribution in [0.3, 0.4) is 0 Å². The molecule has 0 aromatic heterocycles. The summed E-state index contributed by atoms with van der Waals surface area (Å²) in [5.74, 6) is -2.63. The summed E-state index contributed by atoms with van der Waals surface area (Å²) in [6, 6.07) is 1.93. The van der Waals surface area contributed by atoms with Gasteiger partial charge in [-0.05, 0) is 19.3 Å². The lowest BCUT2D eigenvalue weighted by Gasteiger charge is -2.30. The molecule has 21 heavy (non-hydrogen) atoms. The fraction of sp³-hybridized carbons (Fsp3) is 0.769. The Hall–Kier alpha value is -1.78. The van der Waals surface area contributed by atoms with Gasteiger partial charge in [-0.15, -0.1) is 0 Å². The summed E-state index contributed by atoms with van der Waals surface area (Å²) >= 11 is 0. The van der Waals surface area contributed by atoms with E-state index in [0.717, 1.165) is 4.90 Å². The Morgan fingerprint density at radius 2 is 1.76 bits per heavy atom. The van der Waals surface area contributed by atoms with E-state index in [1.165, 1.54) is 0 Å². The first-order valence-corrected chi connectivity index (χ1v) is 6.69. The van der Waals surface area contributed by atoms with Crippen LogP contribution in [0.4, 0.5) is 13.2 Å². The van der Waals surface area contributed by atoms with E-state index >= 15 is 0 Å². The third-order valence-corrected chi connectivity index (χ3v) is 4.59. The Bertz CT molecular complexity index is 506. The van der Waals surface area contributed by atoms with Crippen molar-refractivity contribution in [3.8, 4) is 6.07 Å². The van der Waals surface area contributed by atoms with E-state index in [1.807, 2.05) is 6.07 Å². The SMILES string of the molecule is N#CC1(C(=O)N2CC[C@](C(=O)O)(C(F)(F)F)C2)CCCC1. The van der Waals surface area contributed by atoms with Gasteiger partial charge in [0.25, 0.3) is 0 Å². The molecule has 1 N–H and O–H groups in total. The monoisotopic (exact) mass is 304 g/mol. The summed E-state index contributed by atoms with van der Waals surface area (Å²) in [5, 5.41) is 18.2. The number of aliphatic carboxylic acids is 1. The van der Waals surface area contributed by atoms with Crippen molar-refractivity contribution in [2.75, 3.05) is 13.1 Å². The van der Waals surface area contributed by atoms with Crippen LogP contribution in [0.15, 0.2) is 0 Å². The number of amides is 1. The molecule has 2 fully saturated rings. The molecular weight excluding hydrogens is 289 g/mol. The van der Waals surface area contributed by atoms with Crippen molar-refractivity contribution in [2.45, 2.75) is 38.3 Å². The lowest BCUT2D eigenvalue weighted by molar-refractivity contribution is -0.227. The van der Waals surface area contributed by atoms with Crippen molar-refractivity contribution < 1.29 is 27.9 Å². The predicted octanol–water partition coefficient (Wildman–Crippen LogP) is 1.94. The molecule has 2 rings (SSSR count). The molecule has 0 aromatic rings. The smallest absolute Gasteiger partial charge is 0.406 e. The van der Waals surface area contributed by atoms with E-state index in [-0.39, 0.29) is 6.54 Å². The largest absolute Gasteiger partial charge is 0.481 e. The zero-order valence-electron chi connectivity index (χ0n) is 11.2. The van der Waals surface area contributed by atoms with E-state index < -0.39 is 41.8 Å². The number of nitrogens with zero attached hydrogens (tertiary/aromatic N) is 2. The predicted molar refractivity (Wildman–Crippen MR) is 63.8 cm³/mol. The molecule has 1 amide bonds. The second-order valence-electron chi connectivity index (χ2n) is 5.76. The van der Waals surface area contributed by atoms with Crippen LogP contribution < -0.4 is 0 Å². The summed E-state index contributed by atoms with van der Waals surface area (Å²) in [7, 11) is 0. The van der Waals surface area contributed by atoms with E-state index in [1.54, 1.807) is 0 Å². The molecule has 1 saturated carbocycles. The molecule has 1 saturated heterocycles. The third kappa shape index (κ3) is 2.24. The van der Waals surface area contributed by atoms with Crippen molar-refractivity contribution in [3.63, 3.8) is 0 Å². The Morgan fingerprint density at radius 1 is 1.19 bits per heavy atom. The normalized spacial score (nSPS) is 28.4. The van der Waals surface area contributed by atoms with Crippen LogP contribution in [0, 0.1) is 22.2 Å². The highest BCUT2D eigenvalue weighted by Gasteiger charge is 2.65. The average Bonchev–Trinajstić information content (AvgIpc) is 3.05. The minimum atomic E-state index is -4.93. The molecular formula is C13H15F3N2O3. The van der Waals surface area contributed by atoms with Gasteiger partial charge in [0.15, 0.2) is 5.41 Å². The number of alkyl halides is 3. The second-order valence-corrected chi connectivity index (χ2v) is 5.76. The van der Waals surface area contributed by atoms with Gasteiger partial charge in [-0.3, -0.25) is 9.59 Å². The average molecular weight is 304 g/mol. The van der Waals surface area contributed by atoms with Crippen LogP contribution in [0.1, 0.15) is 32.1 Å². The Labute approximate surface area is 119 Å². The van der Waals surface area contributed by atoms with Gasteiger partial charge < -0.3 is 10.0 Å². The molecule has 116 valence electrons. The zero-order valence-corrected chi connectivity index (χ0v) is 11.2. The Morgan fingerprint density at radius 3 is 2.14 bits per heavy atom. The summed E-state index contributed by atoms with van der Waals surface area (Å²) in [5.41, 5.74) is -4.20. The topological polar surface area (TPSA) is 81.4 Å². The first kappa shape index (κ1) is 15.6. The van der Waals surface area contributed by atoms with Crippen molar-refractivity contribution in [1.82, 2.24) is 4.90 Å². The molecule has 0 radical (unpaired) electrons. The summed E-state index contributed by atoms with van der Waals surface area (Å²) in [6.45, 7) is -1.19. The van der Waals surface area contributed by atoms with E-state index in [2.05, 4.69) is 0 Å². The van der Waals surface area contributed by atoms with Crippen molar-refractivity contribution >= 4 is 11.9 Å². The number of carboxylic acid groups (broad SMARTS) is 1. The van der Waals surface area contributed by atoms with Gasteiger partial charge in [-0.2, -0.15) is 18.4 Å². The fourth-order valence-corrected chi connectivity index (χ4v) is 3.17. The summed E-state index contributed by atoms with van der Waals surface area (Å²) in [4.78, 5) is 24.4. The van der Waals surface area contributed by atoms with E-state index in [4.69, 9.17) is 5.11 Å². The standard InChI is InChI=1S/C13H15F3N2O3/c14-13(15,16)12(10(20)21)5-6-18(8-12)9(19)11(7-17)3-1-2-4-11/h1-6,8H2,(H,20,21)/t12-/m0/s1. The van der Waals surface area contributed by atoms with Gasteiger partial charge in [0.05, 0.1) is 6.07 Å². The molecule has 2 aliphatic rings. The van der Waals surface area contributed by atoms with Crippen LogP contribution in [-0.4, -0.2) is 41.1 Å². The highest BCUT2D eigenvalue weighted by Crippen LogP contribution is 2.48. The summed E-state index contributed by atoms with van der Waals surface area (Å²) < 4.78 is 39.2. The number of nitriles is 1. The number of hydrogen-bond acceptors (Lipinski definition) is 3. The van der Waals surface area contributed by atoms with Gasteiger partial charge >= 0.3 is 12.1 Å². The quantitative estimate of drug-likeness (QED) is 0.845. The Kier molecular flexibility index (Phi) is 3.64. The lowest BCUT2D eigenvalue weighted by atomic mass is 9.85. The lowest BCUT2D eigenvalue weighted by Crippen LogP contribution is -2.49. The maximum atomic E-state index is 13.1. The number of likely N-dealkylation sites (tertiary alicyclic amines) is 1. The van der Waals surface area contributed by atoms with Crippen molar-refractivity contribution in [3.05, 3.63) is 0 Å². The molecule has 0 bridgehead atoms. The number of rotatable bonds is 2. The first-order valence-electron chi connectivity index (χ1n) is 6.69. The van der Waals surface area contributed by atoms with Crippen molar-refractivity contribution in [1.29, 1.82) is 5.26 Å². The van der Waals surface area contributed by atoms with Gasteiger partial charge in [0, 0.05) is 13.1 Å². The van der Waals surface area contributed by atoms with E-state index in [0.29, 0.717) is 25.7 Å². The molecule has 1 atom stereocenters. The van der Waals surface area contributed by atoms with Crippen LogP contribution in [0.5, 0.6) is 0 Å². The van der Waals surface area contributed by atoms with Gasteiger partial charge in [0.1, 0.15) is 5.41 Å². The zero-order chi connectivity index (χ0) is 15.9. The molecule has 1 aliphatic heterocycles. The molecule has 5 nitrogen and oxygen atoms in total. The van der Waals surface area contributed by atoms with Crippen molar-refractivity contribution in [2.24, 2.45) is 10.8 Å². The molecule has 0 spiro atoms. The van der Waals surface area contributed by atoms with Gasteiger partial charge in [-0.1, -0.05) is 12.8 Å². The van der Waals surface area contributed by atoms with Crippen LogP contribution in [0.25, 0.3) is 0 Å². The van der Waals surface area contributed by atoms with E-state index in [9.17, 15) is 28.0 Å². The maximum Gasteiger partial charge on any atom is 0.406 e. The third-order valence-electron chi connectivity index (χ3n) is 4.59. The molecule has 0 unspecified atom stereocenters. The minimum absolute atomic E-state index is 0.284.